The van der Waals surface area contributed by atoms with Crippen molar-refractivity contribution in [3.05, 3.63) is 39.3 Å². The summed E-state index contributed by atoms with van der Waals surface area (Å²) in [6.07, 6.45) is 0. The average molecular weight is 261 g/mol. The van der Waals surface area contributed by atoms with Gasteiger partial charge in [-0.15, -0.1) is 0 Å². The molecule has 0 unspecified atom stereocenters. The molecule has 2 heterocycles. The van der Waals surface area contributed by atoms with Gasteiger partial charge in [-0.25, -0.2) is 9.97 Å². The Kier molecular flexibility index (Phi) is 3.97. The van der Waals surface area contributed by atoms with Crippen molar-refractivity contribution in [2.24, 2.45) is 0 Å². The Morgan fingerprint density at radius 1 is 1.22 bits per heavy atom. The summed E-state index contributed by atoms with van der Waals surface area (Å²) in [5.74, 6) is 1.15. The van der Waals surface area contributed by atoms with Gasteiger partial charge in [-0.05, 0) is 47.7 Å². The monoisotopic (exact) mass is 261 g/mol. The van der Waals surface area contributed by atoms with E-state index in [0.717, 1.165) is 23.9 Å². The molecule has 0 spiro atoms. The van der Waals surface area contributed by atoms with E-state index in [1.165, 1.54) is 11.1 Å². The molecule has 2 aromatic rings. The van der Waals surface area contributed by atoms with E-state index in [1.807, 2.05) is 13.0 Å². The molecule has 2 rings (SSSR count). The molecule has 0 saturated heterocycles. The first-order valence-electron chi connectivity index (χ1n) is 6.17. The lowest BCUT2D eigenvalue weighted by Gasteiger charge is -2.10. The zero-order chi connectivity index (χ0) is 13.1. The summed E-state index contributed by atoms with van der Waals surface area (Å²) in [4.78, 5) is 8.97. The van der Waals surface area contributed by atoms with Gasteiger partial charge in [-0.1, -0.05) is 13.8 Å². The predicted molar refractivity (Wildman–Crippen MR) is 77.2 cm³/mol. The van der Waals surface area contributed by atoms with E-state index in [9.17, 15) is 0 Å². The lowest BCUT2D eigenvalue weighted by Crippen LogP contribution is -2.07. The number of aryl methyl sites for hydroxylation is 2. The predicted octanol–water partition coefficient (Wildman–Crippen LogP) is 3.89. The molecule has 96 valence electrons. The second kappa shape index (κ2) is 5.48. The molecule has 0 aromatic carbocycles. The third-order valence-corrected chi connectivity index (χ3v) is 3.77. The number of hydrogen-bond donors (Lipinski definition) is 1. The van der Waals surface area contributed by atoms with E-state index < -0.39 is 0 Å². The summed E-state index contributed by atoms with van der Waals surface area (Å²) in [7, 11) is 0. The molecule has 3 nitrogen and oxygen atoms in total. The summed E-state index contributed by atoms with van der Waals surface area (Å²) >= 11 is 1.73. The van der Waals surface area contributed by atoms with Crippen LogP contribution in [0.2, 0.25) is 0 Å². The zero-order valence-electron chi connectivity index (χ0n) is 11.3. The van der Waals surface area contributed by atoms with Crippen molar-refractivity contribution < 1.29 is 0 Å². The number of thiophene rings is 1. The van der Waals surface area contributed by atoms with Crippen LogP contribution < -0.4 is 5.32 Å². The van der Waals surface area contributed by atoms with E-state index in [0.29, 0.717) is 5.92 Å². The highest BCUT2D eigenvalue weighted by atomic mass is 32.1. The summed E-state index contributed by atoms with van der Waals surface area (Å²) in [5, 5.41) is 7.64. The van der Waals surface area contributed by atoms with Gasteiger partial charge in [-0.3, -0.25) is 0 Å². The third-order valence-electron chi connectivity index (χ3n) is 2.86. The summed E-state index contributed by atoms with van der Waals surface area (Å²) in [6.45, 7) is 9.22. The van der Waals surface area contributed by atoms with E-state index in [2.05, 4.69) is 46.8 Å². The lowest BCUT2D eigenvalue weighted by atomic mass is 10.1. The van der Waals surface area contributed by atoms with E-state index in [-0.39, 0.29) is 0 Å². The van der Waals surface area contributed by atoms with Crippen molar-refractivity contribution in [2.75, 3.05) is 5.32 Å². The smallest absolute Gasteiger partial charge is 0.223 e. The van der Waals surface area contributed by atoms with Gasteiger partial charge in [0.05, 0.1) is 0 Å². The molecule has 0 aliphatic carbocycles. The van der Waals surface area contributed by atoms with E-state index in [4.69, 9.17) is 0 Å². The molecule has 4 heteroatoms. The second-order valence-corrected chi connectivity index (χ2v) is 5.59. The minimum atomic E-state index is 0.426. The Labute approximate surface area is 112 Å². The Hall–Kier alpha value is -1.42. The maximum Gasteiger partial charge on any atom is 0.223 e. The first-order chi connectivity index (χ1) is 8.56. The molecule has 1 N–H and O–H groups in total. The number of hydrogen-bond acceptors (Lipinski definition) is 4. The molecule has 0 bridgehead atoms. The molecule has 0 amide bonds. The van der Waals surface area contributed by atoms with Crippen molar-refractivity contribution >= 4 is 17.3 Å². The van der Waals surface area contributed by atoms with Gasteiger partial charge >= 0.3 is 0 Å². The maximum atomic E-state index is 4.54. The van der Waals surface area contributed by atoms with Crippen LogP contribution >= 0.6 is 11.3 Å². The first-order valence-corrected chi connectivity index (χ1v) is 7.11. The SMILES string of the molecule is Cc1cc(C(C)C)nc(NCc2cscc2C)n1. The topological polar surface area (TPSA) is 37.8 Å². The van der Waals surface area contributed by atoms with Crippen LogP contribution in [0.1, 0.15) is 42.3 Å². The van der Waals surface area contributed by atoms with Crippen molar-refractivity contribution in [3.8, 4) is 0 Å². The molecule has 0 aliphatic heterocycles. The van der Waals surface area contributed by atoms with Crippen LogP contribution in [0, 0.1) is 13.8 Å². The van der Waals surface area contributed by atoms with Gasteiger partial charge < -0.3 is 5.32 Å². The molecule has 0 saturated carbocycles. The number of rotatable bonds is 4. The molecule has 0 aliphatic rings. The number of anilines is 1. The molecular weight excluding hydrogens is 242 g/mol. The van der Waals surface area contributed by atoms with Gasteiger partial charge in [0.25, 0.3) is 0 Å². The summed E-state index contributed by atoms with van der Waals surface area (Å²) in [5.41, 5.74) is 4.74. The average Bonchev–Trinajstić information content (AvgIpc) is 2.71. The van der Waals surface area contributed by atoms with Gasteiger partial charge in [-0.2, -0.15) is 11.3 Å². The van der Waals surface area contributed by atoms with Crippen molar-refractivity contribution in [2.45, 2.75) is 40.2 Å². The van der Waals surface area contributed by atoms with Crippen LogP contribution in [-0.4, -0.2) is 9.97 Å². The molecule has 0 radical (unpaired) electrons. The number of nitrogens with one attached hydrogen (secondary N) is 1. The number of nitrogens with zero attached hydrogens (tertiary/aromatic N) is 2. The normalized spacial score (nSPS) is 10.9. The van der Waals surface area contributed by atoms with E-state index in [1.54, 1.807) is 11.3 Å². The molecule has 0 atom stereocenters. The fourth-order valence-corrected chi connectivity index (χ4v) is 2.57. The lowest BCUT2D eigenvalue weighted by molar-refractivity contribution is 0.808. The largest absolute Gasteiger partial charge is 0.350 e. The Morgan fingerprint density at radius 2 is 2.00 bits per heavy atom. The Balaban J connectivity index is 2.12. The second-order valence-electron chi connectivity index (χ2n) is 4.85. The van der Waals surface area contributed by atoms with Crippen LogP contribution in [0.25, 0.3) is 0 Å². The maximum absolute atomic E-state index is 4.54. The van der Waals surface area contributed by atoms with Gasteiger partial charge in [0.2, 0.25) is 5.95 Å². The highest BCUT2D eigenvalue weighted by Gasteiger charge is 2.06. The number of aromatic nitrogens is 2. The van der Waals surface area contributed by atoms with E-state index >= 15 is 0 Å². The van der Waals surface area contributed by atoms with Crippen molar-refractivity contribution in [1.82, 2.24) is 9.97 Å². The molecule has 0 fully saturated rings. The van der Waals surface area contributed by atoms with Crippen LogP contribution in [0.4, 0.5) is 5.95 Å². The Morgan fingerprint density at radius 3 is 2.61 bits per heavy atom. The fourth-order valence-electron chi connectivity index (χ4n) is 1.71. The minimum Gasteiger partial charge on any atom is -0.350 e. The van der Waals surface area contributed by atoms with Crippen LogP contribution in [0.15, 0.2) is 16.8 Å². The van der Waals surface area contributed by atoms with Crippen LogP contribution in [0.3, 0.4) is 0 Å². The Bertz CT molecular complexity index is 532. The van der Waals surface area contributed by atoms with Crippen molar-refractivity contribution in [3.63, 3.8) is 0 Å². The highest BCUT2D eigenvalue weighted by Crippen LogP contribution is 2.17. The molecule has 18 heavy (non-hydrogen) atoms. The fraction of sp³-hybridized carbons (Fsp3) is 0.429. The summed E-state index contributed by atoms with van der Waals surface area (Å²) in [6, 6.07) is 2.05. The van der Waals surface area contributed by atoms with Gasteiger partial charge in [0, 0.05) is 17.9 Å². The van der Waals surface area contributed by atoms with Crippen LogP contribution in [0.5, 0.6) is 0 Å². The quantitative estimate of drug-likeness (QED) is 0.907. The third kappa shape index (κ3) is 3.07. The molecular formula is C14H19N3S. The zero-order valence-corrected chi connectivity index (χ0v) is 12.1. The van der Waals surface area contributed by atoms with Gasteiger partial charge in [0.1, 0.15) is 0 Å². The van der Waals surface area contributed by atoms with Crippen molar-refractivity contribution in [1.29, 1.82) is 0 Å². The van der Waals surface area contributed by atoms with Crippen LogP contribution in [-0.2, 0) is 6.54 Å². The minimum absolute atomic E-state index is 0.426. The highest BCUT2D eigenvalue weighted by molar-refractivity contribution is 7.08. The standard InChI is InChI=1S/C14H19N3S/c1-9(2)13-5-11(4)16-14(17-13)15-6-12-8-18-7-10(12)3/h5,7-9H,6H2,1-4H3,(H,15,16,17). The molecule has 2 aromatic heterocycles. The summed E-state index contributed by atoms with van der Waals surface area (Å²) < 4.78 is 0. The van der Waals surface area contributed by atoms with Gasteiger partial charge in [0.15, 0.2) is 0 Å². The first kappa shape index (κ1) is 13.0.